The summed E-state index contributed by atoms with van der Waals surface area (Å²) < 4.78 is 0. The van der Waals surface area contributed by atoms with Crippen molar-refractivity contribution in [2.45, 2.75) is 129 Å². The summed E-state index contributed by atoms with van der Waals surface area (Å²) >= 11 is 4.10. The molecule has 2 heteroatoms. The highest BCUT2D eigenvalue weighted by Gasteiger charge is 2.00. The van der Waals surface area contributed by atoms with E-state index in [1.807, 2.05) is 0 Å². The van der Waals surface area contributed by atoms with Crippen molar-refractivity contribution in [3.8, 4) is 0 Å². The van der Waals surface area contributed by atoms with E-state index in [2.05, 4.69) is 19.6 Å². The van der Waals surface area contributed by atoms with Gasteiger partial charge in [-0.05, 0) is 6.42 Å². The third-order valence-corrected chi connectivity index (χ3v) is 5.27. The van der Waals surface area contributed by atoms with Crippen LogP contribution in [0.4, 0.5) is 0 Å². The molecule has 0 heterocycles. The van der Waals surface area contributed by atoms with Crippen LogP contribution in [-0.2, 0) is 0 Å². The zero-order valence-electron chi connectivity index (χ0n) is 15.9. The first-order valence-corrected chi connectivity index (χ1v) is 11.2. The van der Waals surface area contributed by atoms with Crippen LogP contribution < -0.4 is 0 Å². The molecule has 1 N–H and O–H groups in total. The number of aliphatic hydroxyl groups is 1. The Morgan fingerprint density at radius 1 is 0.565 bits per heavy atom. The zero-order chi connectivity index (χ0) is 17.0. The summed E-state index contributed by atoms with van der Waals surface area (Å²) in [5.74, 6) is 0.610. The summed E-state index contributed by atoms with van der Waals surface area (Å²) in [5, 5.41) is 9.41. The minimum atomic E-state index is -0.185. The fraction of sp³-hybridized carbons (Fsp3) is 1.00. The van der Waals surface area contributed by atoms with Gasteiger partial charge in [-0.3, -0.25) is 0 Å². The predicted octanol–water partition coefficient (Wildman–Crippen LogP) is 7.32. The second-order valence-electron chi connectivity index (χ2n) is 7.28. The molecule has 0 fully saturated rings. The molecule has 1 unspecified atom stereocenters. The van der Waals surface area contributed by atoms with Gasteiger partial charge in [-0.2, -0.15) is 12.6 Å². The Hall–Kier alpha value is 0.310. The summed E-state index contributed by atoms with van der Waals surface area (Å²) in [4.78, 5) is 0. The van der Waals surface area contributed by atoms with Gasteiger partial charge in [0, 0.05) is 5.75 Å². The average molecular weight is 345 g/mol. The number of aliphatic hydroxyl groups excluding tert-OH is 1. The van der Waals surface area contributed by atoms with E-state index < -0.39 is 0 Å². The molecule has 1 atom stereocenters. The minimum Gasteiger partial charge on any atom is -0.392 e. The Balaban J connectivity index is 2.97. The highest BCUT2D eigenvalue weighted by atomic mass is 32.1. The largest absolute Gasteiger partial charge is 0.392 e. The van der Waals surface area contributed by atoms with E-state index in [0.29, 0.717) is 5.75 Å². The zero-order valence-corrected chi connectivity index (χ0v) is 16.8. The molecule has 0 aromatic carbocycles. The van der Waals surface area contributed by atoms with Gasteiger partial charge in [0.15, 0.2) is 0 Å². The van der Waals surface area contributed by atoms with Crippen LogP contribution in [0.1, 0.15) is 122 Å². The third kappa shape index (κ3) is 20.3. The maximum atomic E-state index is 9.41. The Bertz CT molecular complexity index is 208. The van der Waals surface area contributed by atoms with Crippen LogP contribution in [0.3, 0.4) is 0 Å². The molecular formula is C21H44OS. The van der Waals surface area contributed by atoms with E-state index in [1.165, 1.54) is 109 Å². The number of hydrogen-bond donors (Lipinski definition) is 2. The summed E-state index contributed by atoms with van der Waals surface area (Å²) in [5.41, 5.74) is 0. The van der Waals surface area contributed by atoms with Crippen LogP contribution in [0.25, 0.3) is 0 Å². The maximum absolute atomic E-state index is 9.41. The van der Waals surface area contributed by atoms with Crippen molar-refractivity contribution >= 4 is 12.6 Å². The molecule has 0 saturated heterocycles. The van der Waals surface area contributed by atoms with Crippen LogP contribution in [0.5, 0.6) is 0 Å². The van der Waals surface area contributed by atoms with E-state index in [9.17, 15) is 5.11 Å². The van der Waals surface area contributed by atoms with Gasteiger partial charge < -0.3 is 5.11 Å². The molecular weight excluding hydrogens is 300 g/mol. The lowest BCUT2D eigenvalue weighted by atomic mass is 10.0. The van der Waals surface area contributed by atoms with E-state index in [4.69, 9.17) is 0 Å². The number of rotatable bonds is 19. The maximum Gasteiger partial charge on any atom is 0.0628 e. The van der Waals surface area contributed by atoms with Gasteiger partial charge in [-0.1, -0.05) is 116 Å². The molecule has 0 aliphatic carbocycles. The topological polar surface area (TPSA) is 20.2 Å². The number of thiol groups is 1. The molecule has 0 aromatic rings. The van der Waals surface area contributed by atoms with E-state index >= 15 is 0 Å². The van der Waals surface area contributed by atoms with E-state index in [-0.39, 0.29) is 6.10 Å². The Morgan fingerprint density at radius 3 is 1.17 bits per heavy atom. The van der Waals surface area contributed by atoms with Gasteiger partial charge in [-0.25, -0.2) is 0 Å². The van der Waals surface area contributed by atoms with Crippen LogP contribution in [0.2, 0.25) is 0 Å². The van der Waals surface area contributed by atoms with Crippen molar-refractivity contribution in [1.29, 1.82) is 0 Å². The molecule has 0 aliphatic rings. The Morgan fingerprint density at radius 2 is 0.870 bits per heavy atom. The molecule has 0 amide bonds. The molecule has 0 radical (unpaired) electrons. The molecule has 0 rings (SSSR count). The molecule has 0 aliphatic heterocycles. The molecule has 0 aromatic heterocycles. The number of unbranched alkanes of at least 4 members (excludes halogenated alkanes) is 16. The molecule has 23 heavy (non-hydrogen) atoms. The van der Waals surface area contributed by atoms with Crippen LogP contribution in [0.15, 0.2) is 0 Å². The highest BCUT2D eigenvalue weighted by Crippen LogP contribution is 2.14. The summed E-state index contributed by atoms with van der Waals surface area (Å²) in [7, 11) is 0. The molecule has 140 valence electrons. The van der Waals surface area contributed by atoms with Crippen molar-refractivity contribution in [2.75, 3.05) is 5.75 Å². The lowest BCUT2D eigenvalue weighted by molar-refractivity contribution is 0.185. The van der Waals surface area contributed by atoms with Gasteiger partial charge in [0.2, 0.25) is 0 Å². The normalized spacial score (nSPS) is 12.7. The van der Waals surface area contributed by atoms with Crippen molar-refractivity contribution in [3.63, 3.8) is 0 Å². The molecule has 1 nitrogen and oxygen atoms in total. The van der Waals surface area contributed by atoms with Gasteiger partial charge in [0.25, 0.3) is 0 Å². The van der Waals surface area contributed by atoms with Gasteiger partial charge in [0.1, 0.15) is 0 Å². The van der Waals surface area contributed by atoms with Crippen LogP contribution in [-0.4, -0.2) is 17.0 Å². The first-order chi connectivity index (χ1) is 11.3. The summed E-state index contributed by atoms with van der Waals surface area (Å²) in [6.07, 6.45) is 24.7. The van der Waals surface area contributed by atoms with Crippen molar-refractivity contribution in [3.05, 3.63) is 0 Å². The second kappa shape index (κ2) is 20.4. The average Bonchev–Trinajstić information content (AvgIpc) is 2.57. The first-order valence-electron chi connectivity index (χ1n) is 10.6. The van der Waals surface area contributed by atoms with E-state index in [1.54, 1.807) is 0 Å². The van der Waals surface area contributed by atoms with Crippen LogP contribution >= 0.6 is 12.6 Å². The molecule has 0 bridgehead atoms. The van der Waals surface area contributed by atoms with E-state index in [0.717, 1.165) is 6.42 Å². The number of hydrogen-bond acceptors (Lipinski definition) is 2. The molecule has 0 spiro atoms. The first kappa shape index (κ1) is 23.3. The smallest absolute Gasteiger partial charge is 0.0628 e. The SMILES string of the molecule is CCCCCCCCCCCCCCCCCCCC(O)CS. The summed E-state index contributed by atoms with van der Waals surface area (Å²) in [6, 6.07) is 0. The van der Waals surface area contributed by atoms with Crippen molar-refractivity contribution in [1.82, 2.24) is 0 Å². The fourth-order valence-electron chi connectivity index (χ4n) is 3.20. The standard InChI is InChI=1S/C21H44OS/c1-2-3-4-5-6-7-8-9-10-11-12-13-14-15-16-17-18-19-21(22)20-23/h21-23H,2-20H2,1H3. The quantitative estimate of drug-likeness (QED) is 0.186. The highest BCUT2D eigenvalue weighted by molar-refractivity contribution is 7.80. The Kier molecular flexibility index (Phi) is 20.6. The van der Waals surface area contributed by atoms with Crippen molar-refractivity contribution in [2.24, 2.45) is 0 Å². The Labute approximate surface area is 152 Å². The summed E-state index contributed by atoms with van der Waals surface area (Å²) in [6.45, 7) is 2.29. The molecule has 0 saturated carbocycles. The predicted molar refractivity (Wildman–Crippen MR) is 109 cm³/mol. The van der Waals surface area contributed by atoms with Gasteiger partial charge >= 0.3 is 0 Å². The van der Waals surface area contributed by atoms with Crippen molar-refractivity contribution < 1.29 is 5.11 Å². The monoisotopic (exact) mass is 344 g/mol. The van der Waals surface area contributed by atoms with Crippen LogP contribution in [0, 0.1) is 0 Å². The second-order valence-corrected chi connectivity index (χ2v) is 7.65. The van der Waals surface area contributed by atoms with Gasteiger partial charge in [-0.15, -0.1) is 0 Å². The fourth-order valence-corrected chi connectivity index (χ4v) is 3.38. The third-order valence-electron chi connectivity index (χ3n) is 4.85. The van der Waals surface area contributed by atoms with Gasteiger partial charge in [0.05, 0.1) is 6.10 Å². The lowest BCUT2D eigenvalue weighted by Gasteiger charge is -2.06. The minimum absolute atomic E-state index is 0.185. The lowest BCUT2D eigenvalue weighted by Crippen LogP contribution is -2.07.